The summed E-state index contributed by atoms with van der Waals surface area (Å²) in [5.41, 5.74) is 3.07. The normalized spacial score (nSPS) is 27.9. The van der Waals surface area contributed by atoms with Gasteiger partial charge in [0, 0.05) is 30.9 Å². The summed E-state index contributed by atoms with van der Waals surface area (Å²) in [6, 6.07) is 10.8. The van der Waals surface area contributed by atoms with Gasteiger partial charge in [-0.15, -0.1) is 0 Å². The summed E-state index contributed by atoms with van der Waals surface area (Å²) in [5, 5.41) is 0. The minimum absolute atomic E-state index is 0.250. The van der Waals surface area contributed by atoms with Crippen LogP contribution in [0.3, 0.4) is 0 Å². The fraction of sp³-hybridized carbons (Fsp3) is 0.647. The van der Waals surface area contributed by atoms with E-state index in [1.165, 1.54) is 37.2 Å². The van der Waals surface area contributed by atoms with E-state index in [-0.39, 0.29) is 5.41 Å². The maximum Gasteiger partial charge on any atom is 0.0367 e. The molecule has 1 aromatic rings. The van der Waals surface area contributed by atoms with Crippen LogP contribution < -0.4 is 4.90 Å². The van der Waals surface area contributed by atoms with E-state index in [9.17, 15) is 0 Å². The van der Waals surface area contributed by atoms with Gasteiger partial charge in [-0.1, -0.05) is 32.9 Å². The second kappa shape index (κ2) is 4.52. The first-order valence-corrected chi connectivity index (χ1v) is 7.52. The van der Waals surface area contributed by atoms with Crippen LogP contribution in [0.15, 0.2) is 24.3 Å². The van der Waals surface area contributed by atoms with E-state index in [1.807, 2.05) is 0 Å². The predicted octanol–water partition coefficient (Wildman–Crippen LogP) is 3.27. The van der Waals surface area contributed by atoms with Gasteiger partial charge in [0.05, 0.1) is 0 Å². The summed E-state index contributed by atoms with van der Waals surface area (Å²) in [6.07, 6.45) is 2.75. The Bertz CT molecular complexity index is 429. The monoisotopic (exact) mass is 258 g/mol. The van der Waals surface area contributed by atoms with Crippen LogP contribution >= 0.6 is 0 Å². The van der Waals surface area contributed by atoms with Gasteiger partial charge in [0.15, 0.2) is 0 Å². The molecule has 104 valence electrons. The second-order valence-electron chi connectivity index (χ2n) is 7.25. The molecule has 2 fully saturated rings. The molecule has 2 bridgehead atoms. The van der Waals surface area contributed by atoms with Crippen LogP contribution in [0.2, 0.25) is 0 Å². The molecule has 0 N–H and O–H groups in total. The molecule has 19 heavy (non-hydrogen) atoms. The Hall–Kier alpha value is -1.02. The molecular formula is C17H26N2. The van der Waals surface area contributed by atoms with Crippen LogP contribution in [0.4, 0.5) is 5.69 Å². The number of benzene rings is 1. The lowest BCUT2D eigenvalue weighted by molar-refractivity contribution is 0.212. The van der Waals surface area contributed by atoms with Gasteiger partial charge in [-0.3, -0.25) is 4.90 Å². The highest BCUT2D eigenvalue weighted by atomic mass is 15.3. The molecule has 0 saturated carbocycles. The van der Waals surface area contributed by atoms with E-state index in [1.54, 1.807) is 0 Å². The average Bonchev–Trinajstić information content (AvgIpc) is 2.61. The highest BCUT2D eigenvalue weighted by molar-refractivity contribution is 5.49. The van der Waals surface area contributed by atoms with Crippen molar-refractivity contribution in [2.75, 3.05) is 25.0 Å². The lowest BCUT2D eigenvalue weighted by Gasteiger charge is -2.40. The summed E-state index contributed by atoms with van der Waals surface area (Å²) in [7, 11) is 2.29. The SMILES string of the molecule is CN1C2CCC1CN(c1ccc(C(C)(C)C)cc1)C2. The van der Waals surface area contributed by atoms with Crippen LogP contribution in [0, 0.1) is 0 Å². The zero-order valence-corrected chi connectivity index (χ0v) is 12.7. The topological polar surface area (TPSA) is 6.48 Å². The summed E-state index contributed by atoms with van der Waals surface area (Å²) in [5.74, 6) is 0. The smallest absolute Gasteiger partial charge is 0.0367 e. The lowest BCUT2D eigenvalue weighted by Crippen LogP contribution is -2.52. The number of hydrogen-bond donors (Lipinski definition) is 0. The Kier molecular flexibility index (Phi) is 3.09. The van der Waals surface area contributed by atoms with Crippen LogP contribution in [0.1, 0.15) is 39.2 Å². The number of anilines is 1. The standard InChI is InChI=1S/C17H26N2/c1-17(2,3)13-5-7-14(8-6-13)19-11-15-9-10-16(12-19)18(15)4/h5-8,15-16H,9-12H2,1-4H3. The van der Waals surface area contributed by atoms with Gasteiger partial charge in [0.2, 0.25) is 0 Å². The fourth-order valence-electron chi connectivity index (χ4n) is 3.50. The molecule has 2 unspecified atom stereocenters. The second-order valence-corrected chi connectivity index (χ2v) is 7.25. The molecule has 2 aliphatic rings. The fourth-order valence-corrected chi connectivity index (χ4v) is 3.50. The van der Waals surface area contributed by atoms with E-state index in [2.05, 4.69) is 61.9 Å². The van der Waals surface area contributed by atoms with Gasteiger partial charge in [-0.05, 0) is 43.0 Å². The maximum absolute atomic E-state index is 2.58. The number of piperazine rings is 1. The molecule has 0 aromatic heterocycles. The van der Waals surface area contributed by atoms with Crippen molar-refractivity contribution in [2.45, 2.75) is 51.1 Å². The van der Waals surface area contributed by atoms with Gasteiger partial charge < -0.3 is 4.90 Å². The number of hydrogen-bond acceptors (Lipinski definition) is 2. The molecule has 0 amide bonds. The molecule has 3 rings (SSSR count). The number of rotatable bonds is 1. The minimum atomic E-state index is 0.250. The van der Waals surface area contributed by atoms with Crippen molar-refractivity contribution < 1.29 is 0 Å². The Morgan fingerprint density at radius 2 is 1.47 bits per heavy atom. The third kappa shape index (κ3) is 2.38. The van der Waals surface area contributed by atoms with Gasteiger partial charge in [0.25, 0.3) is 0 Å². The third-order valence-corrected chi connectivity index (χ3v) is 4.95. The summed E-state index contributed by atoms with van der Waals surface area (Å²) in [4.78, 5) is 5.16. The summed E-state index contributed by atoms with van der Waals surface area (Å²) >= 11 is 0. The highest BCUT2D eigenvalue weighted by Crippen LogP contribution is 2.32. The molecule has 2 heterocycles. The maximum atomic E-state index is 2.58. The molecule has 2 saturated heterocycles. The summed E-state index contributed by atoms with van der Waals surface area (Å²) in [6.45, 7) is 9.22. The van der Waals surface area contributed by atoms with Gasteiger partial charge >= 0.3 is 0 Å². The number of likely N-dealkylation sites (N-methyl/N-ethyl adjacent to an activating group) is 1. The van der Waals surface area contributed by atoms with Gasteiger partial charge in [-0.2, -0.15) is 0 Å². The zero-order chi connectivity index (χ0) is 13.6. The van der Waals surface area contributed by atoms with Crippen molar-refractivity contribution in [2.24, 2.45) is 0 Å². The van der Waals surface area contributed by atoms with Crippen LogP contribution in [0.25, 0.3) is 0 Å². The zero-order valence-electron chi connectivity index (χ0n) is 12.7. The van der Waals surface area contributed by atoms with Crippen LogP contribution in [-0.4, -0.2) is 37.1 Å². The molecule has 1 aromatic carbocycles. The molecule has 2 heteroatoms. The lowest BCUT2D eigenvalue weighted by atomic mass is 9.87. The first-order valence-electron chi connectivity index (χ1n) is 7.52. The Labute approximate surface area is 117 Å². The quantitative estimate of drug-likeness (QED) is 0.763. The highest BCUT2D eigenvalue weighted by Gasteiger charge is 2.37. The van der Waals surface area contributed by atoms with E-state index < -0.39 is 0 Å². The largest absolute Gasteiger partial charge is 0.368 e. The van der Waals surface area contributed by atoms with Gasteiger partial charge in [0.1, 0.15) is 0 Å². The molecule has 0 spiro atoms. The van der Waals surface area contributed by atoms with E-state index in [4.69, 9.17) is 0 Å². The molecule has 0 radical (unpaired) electrons. The Balaban J connectivity index is 1.77. The Morgan fingerprint density at radius 1 is 0.947 bits per heavy atom. The first kappa shape index (κ1) is 13.0. The first-order chi connectivity index (χ1) is 8.95. The van der Waals surface area contributed by atoms with Crippen molar-refractivity contribution in [1.82, 2.24) is 4.90 Å². The number of nitrogens with zero attached hydrogens (tertiary/aromatic N) is 2. The molecule has 2 nitrogen and oxygen atoms in total. The predicted molar refractivity (Wildman–Crippen MR) is 81.9 cm³/mol. The van der Waals surface area contributed by atoms with Crippen molar-refractivity contribution in [3.05, 3.63) is 29.8 Å². The average molecular weight is 258 g/mol. The van der Waals surface area contributed by atoms with Crippen molar-refractivity contribution in [3.8, 4) is 0 Å². The third-order valence-electron chi connectivity index (χ3n) is 4.95. The summed E-state index contributed by atoms with van der Waals surface area (Å²) < 4.78 is 0. The van der Waals surface area contributed by atoms with E-state index >= 15 is 0 Å². The van der Waals surface area contributed by atoms with Crippen molar-refractivity contribution in [1.29, 1.82) is 0 Å². The molecule has 0 aliphatic carbocycles. The molecule has 2 aliphatic heterocycles. The van der Waals surface area contributed by atoms with Crippen LogP contribution in [-0.2, 0) is 5.41 Å². The van der Waals surface area contributed by atoms with E-state index in [0.29, 0.717) is 0 Å². The van der Waals surface area contributed by atoms with Crippen molar-refractivity contribution in [3.63, 3.8) is 0 Å². The van der Waals surface area contributed by atoms with E-state index in [0.717, 1.165) is 12.1 Å². The molecular weight excluding hydrogens is 232 g/mol. The van der Waals surface area contributed by atoms with Crippen molar-refractivity contribution >= 4 is 5.69 Å². The Morgan fingerprint density at radius 3 is 1.95 bits per heavy atom. The minimum Gasteiger partial charge on any atom is -0.368 e. The van der Waals surface area contributed by atoms with Gasteiger partial charge in [-0.25, -0.2) is 0 Å². The molecule has 2 atom stereocenters. The number of fused-ring (bicyclic) bond motifs is 2. The van der Waals surface area contributed by atoms with Crippen LogP contribution in [0.5, 0.6) is 0 Å².